The zero-order valence-electron chi connectivity index (χ0n) is 14.1. The standard InChI is InChI=1S/C18H21N3O3/c1-12(2)21-10-9-14-15(5-4-6-16(14)21)19-17(22)8-7-13-11-18(23-3)20-24-13/h4-6,9-12H,7-8H2,1-3H3,(H,19,22). The Morgan fingerprint density at radius 2 is 2.21 bits per heavy atom. The summed E-state index contributed by atoms with van der Waals surface area (Å²) in [6, 6.07) is 10.0. The fourth-order valence-corrected chi connectivity index (χ4v) is 2.71. The molecule has 0 fully saturated rings. The fourth-order valence-electron chi connectivity index (χ4n) is 2.71. The summed E-state index contributed by atoms with van der Waals surface area (Å²) in [5.41, 5.74) is 1.94. The predicted molar refractivity (Wildman–Crippen MR) is 92.3 cm³/mol. The summed E-state index contributed by atoms with van der Waals surface area (Å²) in [7, 11) is 1.53. The number of amides is 1. The lowest BCUT2D eigenvalue weighted by Crippen LogP contribution is -2.12. The Bertz CT molecular complexity index is 848. The number of fused-ring (bicyclic) bond motifs is 1. The fraction of sp³-hybridized carbons (Fsp3) is 0.333. The van der Waals surface area contributed by atoms with Crippen LogP contribution in [0.15, 0.2) is 41.1 Å². The lowest BCUT2D eigenvalue weighted by Gasteiger charge is -2.11. The highest BCUT2D eigenvalue weighted by molar-refractivity contribution is 6.01. The number of nitrogens with zero attached hydrogens (tertiary/aromatic N) is 2. The van der Waals surface area contributed by atoms with Crippen molar-refractivity contribution in [1.82, 2.24) is 9.72 Å². The van der Waals surface area contributed by atoms with Crippen LogP contribution in [-0.4, -0.2) is 22.7 Å². The quantitative estimate of drug-likeness (QED) is 0.748. The van der Waals surface area contributed by atoms with Crippen molar-refractivity contribution >= 4 is 22.5 Å². The SMILES string of the molecule is COc1cc(CCC(=O)Nc2cccc3c2ccn3C(C)C)on1. The Morgan fingerprint density at radius 3 is 2.92 bits per heavy atom. The van der Waals surface area contributed by atoms with E-state index in [2.05, 4.69) is 35.0 Å². The number of ether oxygens (including phenoxy) is 1. The minimum Gasteiger partial charge on any atom is -0.479 e. The third-order valence-corrected chi connectivity index (χ3v) is 3.94. The van der Waals surface area contributed by atoms with Gasteiger partial charge in [0.15, 0.2) is 0 Å². The zero-order chi connectivity index (χ0) is 17.1. The van der Waals surface area contributed by atoms with Gasteiger partial charge in [-0.05, 0) is 37.2 Å². The zero-order valence-corrected chi connectivity index (χ0v) is 14.1. The molecule has 1 aromatic carbocycles. The van der Waals surface area contributed by atoms with Crippen molar-refractivity contribution in [2.24, 2.45) is 0 Å². The molecular weight excluding hydrogens is 306 g/mol. The van der Waals surface area contributed by atoms with Crippen LogP contribution in [0.25, 0.3) is 10.9 Å². The largest absolute Gasteiger partial charge is 0.479 e. The Morgan fingerprint density at radius 1 is 1.38 bits per heavy atom. The molecule has 0 saturated heterocycles. The molecule has 1 N–H and O–H groups in total. The molecule has 126 valence electrons. The van der Waals surface area contributed by atoms with Crippen molar-refractivity contribution < 1.29 is 14.1 Å². The van der Waals surface area contributed by atoms with Crippen molar-refractivity contribution in [3.05, 3.63) is 42.3 Å². The molecule has 1 amide bonds. The lowest BCUT2D eigenvalue weighted by atomic mass is 10.2. The number of aromatic nitrogens is 2. The van der Waals surface area contributed by atoms with Gasteiger partial charge < -0.3 is 19.1 Å². The van der Waals surface area contributed by atoms with E-state index >= 15 is 0 Å². The Balaban J connectivity index is 1.69. The molecule has 0 radical (unpaired) electrons. The number of benzene rings is 1. The molecule has 6 heteroatoms. The minimum absolute atomic E-state index is 0.0600. The van der Waals surface area contributed by atoms with Crippen molar-refractivity contribution in [3.63, 3.8) is 0 Å². The number of anilines is 1. The topological polar surface area (TPSA) is 69.3 Å². The molecule has 0 unspecified atom stereocenters. The summed E-state index contributed by atoms with van der Waals surface area (Å²) in [5, 5.41) is 7.75. The van der Waals surface area contributed by atoms with E-state index in [0.717, 1.165) is 16.6 Å². The summed E-state index contributed by atoms with van der Waals surface area (Å²) in [5.74, 6) is 0.992. The van der Waals surface area contributed by atoms with Crippen LogP contribution < -0.4 is 10.1 Å². The smallest absolute Gasteiger partial charge is 0.254 e. The molecule has 3 rings (SSSR count). The highest BCUT2D eigenvalue weighted by atomic mass is 16.5. The van der Waals surface area contributed by atoms with Crippen LogP contribution in [0.1, 0.15) is 32.1 Å². The van der Waals surface area contributed by atoms with Crippen LogP contribution in [0.4, 0.5) is 5.69 Å². The minimum atomic E-state index is -0.0600. The van der Waals surface area contributed by atoms with Crippen molar-refractivity contribution in [2.75, 3.05) is 12.4 Å². The van der Waals surface area contributed by atoms with Crippen LogP contribution in [0.5, 0.6) is 5.88 Å². The lowest BCUT2D eigenvalue weighted by molar-refractivity contribution is -0.116. The molecule has 0 aliphatic heterocycles. The average Bonchev–Trinajstić information content (AvgIpc) is 3.20. The van der Waals surface area contributed by atoms with Gasteiger partial charge in [-0.1, -0.05) is 6.07 Å². The third kappa shape index (κ3) is 3.27. The summed E-state index contributed by atoms with van der Waals surface area (Å²) < 4.78 is 12.2. The molecule has 2 aromatic heterocycles. The number of hydrogen-bond donors (Lipinski definition) is 1. The maximum Gasteiger partial charge on any atom is 0.254 e. The monoisotopic (exact) mass is 327 g/mol. The second-order valence-corrected chi connectivity index (χ2v) is 5.94. The van der Waals surface area contributed by atoms with Gasteiger partial charge >= 0.3 is 0 Å². The van der Waals surface area contributed by atoms with Gasteiger partial charge in [0.05, 0.1) is 18.3 Å². The van der Waals surface area contributed by atoms with E-state index in [1.54, 1.807) is 6.07 Å². The Kier molecular flexibility index (Phi) is 4.55. The molecule has 0 spiro atoms. The molecule has 2 heterocycles. The number of methoxy groups -OCH3 is 1. The van der Waals surface area contributed by atoms with Gasteiger partial charge in [0.2, 0.25) is 5.91 Å². The van der Waals surface area contributed by atoms with Gasteiger partial charge in [0, 0.05) is 36.5 Å². The molecule has 24 heavy (non-hydrogen) atoms. The molecule has 3 aromatic rings. The van der Waals surface area contributed by atoms with Gasteiger partial charge in [0.1, 0.15) is 5.76 Å². The first-order chi connectivity index (χ1) is 11.6. The van der Waals surface area contributed by atoms with Gasteiger partial charge in [0.25, 0.3) is 5.88 Å². The Labute approximate surface area is 140 Å². The average molecular weight is 327 g/mol. The molecule has 6 nitrogen and oxygen atoms in total. The van der Waals surface area contributed by atoms with Crippen molar-refractivity contribution in [2.45, 2.75) is 32.7 Å². The number of carbonyl (C=O) groups excluding carboxylic acids is 1. The van der Waals surface area contributed by atoms with Crippen LogP contribution in [0, 0.1) is 0 Å². The number of carbonyl (C=O) groups is 1. The molecule has 0 aliphatic carbocycles. The number of hydrogen-bond acceptors (Lipinski definition) is 4. The van der Waals surface area contributed by atoms with Gasteiger partial charge in [-0.15, -0.1) is 0 Å². The third-order valence-electron chi connectivity index (χ3n) is 3.94. The maximum atomic E-state index is 12.2. The first-order valence-electron chi connectivity index (χ1n) is 7.97. The van der Waals surface area contributed by atoms with E-state index in [4.69, 9.17) is 9.26 Å². The summed E-state index contributed by atoms with van der Waals surface area (Å²) >= 11 is 0. The van der Waals surface area contributed by atoms with E-state index in [1.165, 1.54) is 7.11 Å². The number of aryl methyl sites for hydroxylation is 1. The molecular formula is C18H21N3O3. The first-order valence-corrected chi connectivity index (χ1v) is 7.97. The van der Waals surface area contributed by atoms with Gasteiger partial charge in [-0.25, -0.2) is 0 Å². The van der Waals surface area contributed by atoms with Crippen molar-refractivity contribution in [3.8, 4) is 5.88 Å². The summed E-state index contributed by atoms with van der Waals surface area (Å²) in [4.78, 5) is 12.2. The number of nitrogens with one attached hydrogen (secondary N) is 1. The van der Waals surface area contributed by atoms with Crippen LogP contribution in [-0.2, 0) is 11.2 Å². The molecule has 0 aliphatic rings. The normalized spacial score (nSPS) is 11.2. The van der Waals surface area contributed by atoms with Gasteiger partial charge in [-0.2, -0.15) is 0 Å². The highest BCUT2D eigenvalue weighted by Gasteiger charge is 2.11. The van der Waals surface area contributed by atoms with E-state index in [-0.39, 0.29) is 5.91 Å². The van der Waals surface area contributed by atoms with E-state index < -0.39 is 0 Å². The van der Waals surface area contributed by atoms with Crippen LogP contribution in [0.2, 0.25) is 0 Å². The second kappa shape index (κ2) is 6.78. The first kappa shape index (κ1) is 16.1. The highest BCUT2D eigenvalue weighted by Crippen LogP contribution is 2.27. The summed E-state index contributed by atoms with van der Waals surface area (Å²) in [6.07, 6.45) is 2.84. The maximum absolute atomic E-state index is 12.2. The molecule has 0 bridgehead atoms. The van der Waals surface area contributed by atoms with E-state index in [9.17, 15) is 4.79 Å². The van der Waals surface area contributed by atoms with E-state index in [1.807, 2.05) is 24.4 Å². The molecule has 0 saturated carbocycles. The Hall–Kier alpha value is -2.76. The van der Waals surface area contributed by atoms with Crippen molar-refractivity contribution in [1.29, 1.82) is 0 Å². The summed E-state index contributed by atoms with van der Waals surface area (Å²) in [6.45, 7) is 4.27. The van der Waals surface area contributed by atoms with Crippen LogP contribution in [0.3, 0.4) is 0 Å². The van der Waals surface area contributed by atoms with Gasteiger partial charge in [-0.3, -0.25) is 4.79 Å². The van der Waals surface area contributed by atoms with Crippen LogP contribution >= 0.6 is 0 Å². The van der Waals surface area contributed by atoms with E-state index in [0.29, 0.717) is 30.5 Å². The molecule has 0 atom stereocenters. The second-order valence-electron chi connectivity index (χ2n) is 5.94. The predicted octanol–water partition coefficient (Wildman–Crippen LogP) is 3.79. The number of rotatable bonds is 6.